The predicted octanol–water partition coefficient (Wildman–Crippen LogP) is 4.93. The maximum atomic E-state index is 13.7. The summed E-state index contributed by atoms with van der Waals surface area (Å²) in [7, 11) is 0. The molecule has 0 saturated carbocycles. The highest BCUT2D eigenvalue weighted by Crippen LogP contribution is 2.24. The van der Waals surface area contributed by atoms with E-state index >= 15 is 0 Å². The average Bonchev–Trinajstić information content (AvgIpc) is 2.43. The van der Waals surface area contributed by atoms with E-state index in [2.05, 4.69) is 5.32 Å². The molecule has 112 valence electrons. The zero-order valence-electron chi connectivity index (χ0n) is 12.4. The second-order valence-electron chi connectivity index (χ2n) is 5.20. The smallest absolute Gasteiger partial charge is 0.164 e. The molecule has 2 rings (SSSR count). The second-order valence-corrected chi connectivity index (χ2v) is 5.20. The number of hydrogen-bond acceptors (Lipinski definition) is 2. The van der Waals surface area contributed by atoms with Crippen molar-refractivity contribution < 1.29 is 13.5 Å². The molecule has 1 atom stereocenters. The number of hydrogen-bond donors (Lipinski definition) is 1. The van der Waals surface area contributed by atoms with E-state index in [9.17, 15) is 8.78 Å². The van der Waals surface area contributed by atoms with Gasteiger partial charge >= 0.3 is 0 Å². The zero-order valence-corrected chi connectivity index (χ0v) is 12.4. The van der Waals surface area contributed by atoms with Crippen LogP contribution in [0.3, 0.4) is 0 Å². The van der Waals surface area contributed by atoms with Crippen molar-refractivity contribution in [2.75, 3.05) is 5.32 Å². The summed E-state index contributed by atoms with van der Waals surface area (Å²) in [6, 6.07) is 11.3. The van der Waals surface area contributed by atoms with E-state index in [0.717, 1.165) is 17.5 Å². The van der Waals surface area contributed by atoms with Crippen molar-refractivity contribution in [3.05, 3.63) is 59.7 Å². The van der Waals surface area contributed by atoms with Crippen LogP contribution in [0, 0.1) is 11.6 Å². The molecular weight excluding hydrogens is 272 g/mol. The van der Waals surface area contributed by atoms with Crippen LogP contribution in [0.25, 0.3) is 0 Å². The van der Waals surface area contributed by atoms with Crippen LogP contribution in [-0.2, 0) is 0 Å². The van der Waals surface area contributed by atoms with Crippen LogP contribution in [-0.4, -0.2) is 6.10 Å². The largest absolute Gasteiger partial charge is 0.491 e. The summed E-state index contributed by atoms with van der Waals surface area (Å²) in [5.41, 5.74) is 1.12. The first-order valence-electron chi connectivity index (χ1n) is 6.94. The van der Waals surface area contributed by atoms with Gasteiger partial charge in [0.25, 0.3) is 0 Å². The Morgan fingerprint density at radius 3 is 2.24 bits per heavy atom. The lowest BCUT2D eigenvalue weighted by atomic mass is 10.1. The number of rotatable bonds is 5. The molecule has 1 N–H and O–H groups in total. The Morgan fingerprint density at radius 1 is 0.952 bits per heavy atom. The minimum atomic E-state index is -0.832. The molecule has 0 bridgehead atoms. The van der Waals surface area contributed by atoms with E-state index < -0.39 is 11.6 Å². The highest BCUT2D eigenvalue weighted by molar-refractivity contribution is 5.48. The Labute approximate surface area is 123 Å². The third kappa shape index (κ3) is 3.94. The summed E-state index contributed by atoms with van der Waals surface area (Å²) in [6.45, 7) is 5.71. The number of ether oxygens (including phenoxy) is 1. The molecule has 4 heteroatoms. The minimum absolute atomic E-state index is 0.115. The molecule has 2 nitrogen and oxygen atoms in total. The monoisotopic (exact) mass is 291 g/mol. The van der Waals surface area contributed by atoms with Crippen LogP contribution in [0.2, 0.25) is 0 Å². The average molecular weight is 291 g/mol. The molecule has 0 heterocycles. The summed E-state index contributed by atoms with van der Waals surface area (Å²) >= 11 is 0. The van der Waals surface area contributed by atoms with Crippen LogP contribution < -0.4 is 10.1 Å². The molecule has 0 spiro atoms. The highest BCUT2D eigenvalue weighted by Gasteiger charge is 2.14. The number of anilines is 1. The van der Waals surface area contributed by atoms with Gasteiger partial charge in [0, 0.05) is 11.3 Å². The molecule has 1 unspecified atom stereocenters. The lowest BCUT2D eigenvalue weighted by molar-refractivity contribution is 0.242. The van der Waals surface area contributed by atoms with Crippen LogP contribution in [0.5, 0.6) is 5.75 Å². The molecule has 0 amide bonds. The number of nitrogens with one attached hydrogen (secondary N) is 1. The fourth-order valence-corrected chi connectivity index (χ4v) is 2.08. The molecule has 0 aliphatic heterocycles. The molecule has 2 aromatic rings. The van der Waals surface area contributed by atoms with Gasteiger partial charge < -0.3 is 10.1 Å². The number of halogens is 2. The van der Waals surface area contributed by atoms with Gasteiger partial charge in [-0.05, 0) is 51.1 Å². The van der Waals surface area contributed by atoms with Crippen LogP contribution in [0.1, 0.15) is 32.4 Å². The fraction of sp³-hybridized carbons (Fsp3) is 0.294. The Bertz CT molecular complexity index is 596. The Balaban J connectivity index is 2.09. The molecule has 0 fully saturated rings. The van der Waals surface area contributed by atoms with Gasteiger partial charge in [0.05, 0.1) is 12.1 Å². The van der Waals surface area contributed by atoms with E-state index in [1.807, 2.05) is 38.1 Å². The van der Waals surface area contributed by atoms with E-state index in [-0.39, 0.29) is 12.1 Å². The topological polar surface area (TPSA) is 21.3 Å². The van der Waals surface area contributed by atoms with Gasteiger partial charge in [-0.1, -0.05) is 12.1 Å². The SMILES string of the molecule is CC(C)Oc1ccc(NC(C)c2cccc(F)c2F)cc1. The van der Waals surface area contributed by atoms with Crippen molar-refractivity contribution in [2.24, 2.45) is 0 Å². The Kier molecular flexibility index (Phi) is 4.78. The third-order valence-corrected chi connectivity index (χ3v) is 3.06. The van der Waals surface area contributed by atoms with Gasteiger partial charge in [-0.15, -0.1) is 0 Å². The standard InChI is InChI=1S/C17H19F2NO/c1-11(2)21-14-9-7-13(8-10-14)20-12(3)15-5-4-6-16(18)17(15)19/h4-12,20H,1-3H3. The van der Waals surface area contributed by atoms with Crippen molar-refractivity contribution in [1.82, 2.24) is 0 Å². The van der Waals surface area contributed by atoms with Crippen LogP contribution in [0.4, 0.5) is 14.5 Å². The normalized spacial score (nSPS) is 12.3. The molecule has 0 radical (unpaired) electrons. The fourth-order valence-electron chi connectivity index (χ4n) is 2.08. The van der Waals surface area contributed by atoms with Gasteiger partial charge in [0.2, 0.25) is 0 Å². The van der Waals surface area contributed by atoms with Gasteiger partial charge in [-0.2, -0.15) is 0 Å². The van der Waals surface area contributed by atoms with E-state index in [4.69, 9.17) is 4.74 Å². The van der Waals surface area contributed by atoms with E-state index in [1.165, 1.54) is 6.07 Å². The van der Waals surface area contributed by atoms with Crippen molar-refractivity contribution in [2.45, 2.75) is 32.9 Å². The summed E-state index contributed by atoms with van der Waals surface area (Å²) < 4.78 is 32.5. The summed E-state index contributed by atoms with van der Waals surface area (Å²) in [4.78, 5) is 0. The zero-order chi connectivity index (χ0) is 15.4. The van der Waals surface area contributed by atoms with Gasteiger partial charge in [-0.25, -0.2) is 8.78 Å². The minimum Gasteiger partial charge on any atom is -0.491 e. The van der Waals surface area contributed by atoms with E-state index in [0.29, 0.717) is 5.56 Å². The molecule has 0 saturated heterocycles. The second kappa shape index (κ2) is 6.57. The van der Waals surface area contributed by atoms with Crippen molar-refractivity contribution in [1.29, 1.82) is 0 Å². The summed E-state index contributed by atoms with van der Waals surface area (Å²) in [6.07, 6.45) is 0.115. The summed E-state index contributed by atoms with van der Waals surface area (Å²) in [5, 5.41) is 3.14. The van der Waals surface area contributed by atoms with Crippen molar-refractivity contribution in [3.8, 4) is 5.75 Å². The maximum Gasteiger partial charge on any atom is 0.164 e. The predicted molar refractivity (Wildman–Crippen MR) is 80.6 cm³/mol. The molecule has 0 aliphatic carbocycles. The quantitative estimate of drug-likeness (QED) is 0.843. The molecule has 0 aromatic heterocycles. The number of benzene rings is 2. The summed E-state index contributed by atoms with van der Waals surface area (Å²) in [5.74, 6) is -0.862. The molecule has 21 heavy (non-hydrogen) atoms. The molecular formula is C17H19F2NO. The Hall–Kier alpha value is -2.10. The van der Waals surface area contributed by atoms with Crippen LogP contribution in [0.15, 0.2) is 42.5 Å². The first kappa shape index (κ1) is 15.3. The first-order chi connectivity index (χ1) is 9.97. The highest BCUT2D eigenvalue weighted by atomic mass is 19.2. The van der Waals surface area contributed by atoms with Gasteiger partial charge in [-0.3, -0.25) is 0 Å². The van der Waals surface area contributed by atoms with Crippen LogP contribution >= 0.6 is 0 Å². The van der Waals surface area contributed by atoms with Gasteiger partial charge in [0.1, 0.15) is 5.75 Å². The molecule has 2 aromatic carbocycles. The van der Waals surface area contributed by atoms with Crippen molar-refractivity contribution >= 4 is 5.69 Å². The third-order valence-electron chi connectivity index (χ3n) is 3.06. The lowest BCUT2D eigenvalue weighted by Crippen LogP contribution is -2.10. The lowest BCUT2D eigenvalue weighted by Gasteiger charge is -2.17. The van der Waals surface area contributed by atoms with Crippen molar-refractivity contribution in [3.63, 3.8) is 0 Å². The van der Waals surface area contributed by atoms with Gasteiger partial charge in [0.15, 0.2) is 11.6 Å². The van der Waals surface area contributed by atoms with E-state index in [1.54, 1.807) is 13.0 Å². The molecule has 0 aliphatic rings. The first-order valence-corrected chi connectivity index (χ1v) is 6.94. The Morgan fingerprint density at radius 2 is 1.62 bits per heavy atom. The maximum absolute atomic E-state index is 13.7.